The van der Waals surface area contributed by atoms with Crippen LogP contribution in [0.3, 0.4) is 0 Å². The molecule has 1 rings (SSSR count). The Morgan fingerprint density at radius 2 is 2.29 bits per heavy atom. The van der Waals surface area contributed by atoms with Gasteiger partial charge in [-0.3, -0.25) is 0 Å². The number of benzene rings is 1. The van der Waals surface area contributed by atoms with Crippen LogP contribution in [0.4, 0.5) is 4.39 Å². The van der Waals surface area contributed by atoms with Gasteiger partial charge in [-0.25, -0.2) is 4.39 Å². The van der Waals surface area contributed by atoms with Crippen LogP contribution in [0.2, 0.25) is 0 Å². The lowest BCUT2D eigenvalue weighted by Crippen LogP contribution is -1.94. The van der Waals surface area contributed by atoms with Crippen molar-refractivity contribution in [2.75, 3.05) is 6.54 Å². The fourth-order valence-corrected chi connectivity index (χ4v) is 1.53. The summed E-state index contributed by atoms with van der Waals surface area (Å²) in [6.07, 6.45) is 3.27. The van der Waals surface area contributed by atoms with Crippen LogP contribution in [0.5, 0.6) is 5.75 Å². The molecule has 0 saturated carbocycles. The lowest BCUT2D eigenvalue weighted by atomic mass is 10.1. The maximum Gasteiger partial charge on any atom is 0.137 e. The van der Waals surface area contributed by atoms with E-state index in [9.17, 15) is 9.50 Å². The Morgan fingerprint density at radius 3 is 2.86 bits per heavy atom. The topological polar surface area (TPSA) is 46.2 Å². The summed E-state index contributed by atoms with van der Waals surface area (Å²) in [4.78, 5) is 0. The Morgan fingerprint density at radius 1 is 1.64 bits per heavy atom. The van der Waals surface area contributed by atoms with E-state index in [1.54, 1.807) is 19.1 Å². The Labute approximate surface area is 90.4 Å². The minimum absolute atomic E-state index is 0.0357. The molecule has 0 bridgehead atoms. The van der Waals surface area contributed by atoms with Crippen molar-refractivity contribution >= 4 is 22.0 Å². The van der Waals surface area contributed by atoms with Gasteiger partial charge in [-0.15, -0.1) is 0 Å². The summed E-state index contributed by atoms with van der Waals surface area (Å²) in [7, 11) is 0. The third-order valence-corrected chi connectivity index (χ3v) is 2.52. The third kappa shape index (κ3) is 2.13. The average molecular weight is 260 g/mol. The van der Waals surface area contributed by atoms with Gasteiger partial charge in [0, 0.05) is 12.1 Å². The summed E-state index contributed by atoms with van der Waals surface area (Å²) in [6.45, 7) is 1.96. The molecule has 0 heterocycles. The van der Waals surface area contributed by atoms with Gasteiger partial charge in [0.15, 0.2) is 0 Å². The standard InChI is InChI=1S/C10H11BrFNO/c1-6-7(3-2-4-13)10(14)8(11)5-9(6)12/h2-3,5,14H,4,13H2,1H3/b3-2+. The van der Waals surface area contributed by atoms with E-state index in [0.29, 0.717) is 22.1 Å². The monoisotopic (exact) mass is 259 g/mol. The molecule has 4 heteroatoms. The molecule has 0 aliphatic heterocycles. The zero-order valence-corrected chi connectivity index (χ0v) is 9.31. The number of phenols is 1. The van der Waals surface area contributed by atoms with Gasteiger partial charge >= 0.3 is 0 Å². The maximum absolute atomic E-state index is 13.2. The molecule has 0 saturated heterocycles. The van der Waals surface area contributed by atoms with Crippen LogP contribution in [0, 0.1) is 12.7 Å². The first kappa shape index (κ1) is 11.2. The van der Waals surface area contributed by atoms with E-state index in [4.69, 9.17) is 5.73 Å². The molecule has 0 unspecified atom stereocenters. The van der Waals surface area contributed by atoms with Crippen LogP contribution in [-0.4, -0.2) is 11.7 Å². The number of rotatable bonds is 2. The predicted molar refractivity (Wildman–Crippen MR) is 58.6 cm³/mol. The minimum atomic E-state index is -0.355. The molecule has 3 N–H and O–H groups in total. The van der Waals surface area contributed by atoms with Crippen LogP contribution in [0.25, 0.3) is 6.08 Å². The number of nitrogens with two attached hydrogens (primary N) is 1. The molecular formula is C10H11BrFNO. The highest BCUT2D eigenvalue weighted by Crippen LogP contribution is 2.32. The van der Waals surface area contributed by atoms with E-state index in [1.165, 1.54) is 6.07 Å². The van der Waals surface area contributed by atoms with Gasteiger partial charge < -0.3 is 10.8 Å². The molecule has 0 aromatic heterocycles. The van der Waals surface area contributed by atoms with Gasteiger partial charge in [0.2, 0.25) is 0 Å². The first-order valence-corrected chi connectivity index (χ1v) is 4.91. The maximum atomic E-state index is 13.2. The van der Waals surface area contributed by atoms with Crippen molar-refractivity contribution in [2.45, 2.75) is 6.92 Å². The van der Waals surface area contributed by atoms with Crippen LogP contribution in [0.15, 0.2) is 16.6 Å². The molecule has 0 aliphatic carbocycles. The lowest BCUT2D eigenvalue weighted by Gasteiger charge is -2.07. The normalized spacial score (nSPS) is 11.1. The highest BCUT2D eigenvalue weighted by Gasteiger charge is 2.10. The molecule has 1 aromatic rings. The Bertz CT molecular complexity index is 351. The van der Waals surface area contributed by atoms with Crippen molar-refractivity contribution < 1.29 is 9.50 Å². The molecule has 0 aliphatic rings. The summed E-state index contributed by atoms with van der Waals surface area (Å²) in [5.41, 5.74) is 6.15. The molecular weight excluding hydrogens is 249 g/mol. The zero-order chi connectivity index (χ0) is 10.7. The van der Waals surface area contributed by atoms with Crippen molar-refractivity contribution in [3.63, 3.8) is 0 Å². The van der Waals surface area contributed by atoms with Gasteiger partial charge in [-0.1, -0.05) is 12.2 Å². The molecule has 0 amide bonds. The Balaban J connectivity index is 3.32. The second-order valence-electron chi connectivity index (χ2n) is 2.87. The number of aromatic hydroxyl groups is 1. The zero-order valence-electron chi connectivity index (χ0n) is 7.72. The molecule has 2 nitrogen and oxygen atoms in total. The first-order chi connectivity index (χ1) is 6.57. The average Bonchev–Trinajstić information content (AvgIpc) is 2.15. The summed E-state index contributed by atoms with van der Waals surface area (Å²) < 4.78 is 13.6. The molecule has 0 radical (unpaired) electrons. The van der Waals surface area contributed by atoms with Gasteiger partial charge in [-0.05, 0) is 34.5 Å². The summed E-state index contributed by atoms with van der Waals surface area (Å²) in [5.74, 6) is -0.319. The highest BCUT2D eigenvalue weighted by atomic mass is 79.9. The van der Waals surface area contributed by atoms with E-state index in [-0.39, 0.29) is 11.6 Å². The van der Waals surface area contributed by atoms with E-state index in [1.807, 2.05) is 0 Å². The summed E-state index contributed by atoms with van der Waals surface area (Å²) in [6, 6.07) is 1.24. The van der Waals surface area contributed by atoms with E-state index in [0.717, 1.165) is 0 Å². The second-order valence-corrected chi connectivity index (χ2v) is 3.72. The van der Waals surface area contributed by atoms with Crippen molar-refractivity contribution in [3.05, 3.63) is 33.6 Å². The van der Waals surface area contributed by atoms with Crippen molar-refractivity contribution in [1.82, 2.24) is 0 Å². The summed E-state index contributed by atoms with van der Waals surface area (Å²) >= 11 is 3.07. The third-order valence-electron chi connectivity index (χ3n) is 1.92. The van der Waals surface area contributed by atoms with E-state index >= 15 is 0 Å². The van der Waals surface area contributed by atoms with E-state index in [2.05, 4.69) is 15.9 Å². The second kappa shape index (κ2) is 4.57. The molecule has 76 valence electrons. The van der Waals surface area contributed by atoms with Crippen LogP contribution in [0.1, 0.15) is 11.1 Å². The fourth-order valence-electron chi connectivity index (χ4n) is 1.11. The highest BCUT2D eigenvalue weighted by molar-refractivity contribution is 9.10. The molecule has 0 spiro atoms. The molecule has 1 aromatic carbocycles. The van der Waals surface area contributed by atoms with Crippen molar-refractivity contribution in [2.24, 2.45) is 5.73 Å². The number of halogens is 2. The molecule has 0 fully saturated rings. The first-order valence-electron chi connectivity index (χ1n) is 4.12. The van der Waals surface area contributed by atoms with E-state index < -0.39 is 0 Å². The lowest BCUT2D eigenvalue weighted by molar-refractivity contribution is 0.467. The smallest absolute Gasteiger partial charge is 0.137 e. The minimum Gasteiger partial charge on any atom is -0.506 e. The Hall–Kier alpha value is -0.870. The fraction of sp³-hybridized carbons (Fsp3) is 0.200. The molecule has 14 heavy (non-hydrogen) atoms. The van der Waals surface area contributed by atoms with Crippen LogP contribution < -0.4 is 5.73 Å². The SMILES string of the molecule is Cc1c(F)cc(Br)c(O)c1/C=C/CN. The Kier molecular flexibility index (Phi) is 3.66. The van der Waals surface area contributed by atoms with Gasteiger partial charge in [-0.2, -0.15) is 0 Å². The molecule has 0 atom stereocenters. The van der Waals surface area contributed by atoms with Gasteiger partial charge in [0.25, 0.3) is 0 Å². The number of hydrogen-bond acceptors (Lipinski definition) is 2. The van der Waals surface area contributed by atoms with Gasteiger partial charge in [0.05, 0.1) is 4.47 Å². The largest absolute Gasteiger partial charge is 0.506 e. The predicted octanol–water partition coefficient (Wildman–Crippen LogP) is 2.57. The quantitative estimate of drug-likeness (QED) is 0.858. The van der Waals surface area contributed by atoms with Crippen molar-refractivity contribution in [3.8, 4) is 5.75 Å². The van der Waals surface area contributed by atoms with Crippen LogP contribution >= 0.6 is 15.9 Å². The van der Waals surface area contributed by atoms with Gasteiger partial charge in [0.1, 0.15) is 11.6 Å². The number of hydrogen-bond donors (Lipinski definition) is 2. The van der Waals surface area contributed by atoms with Crippen molar-refractivity contribution in [1.29, 1.82) is 0 Å². The number of phenolic OH excluding ortho intramolecular Hbond substituents is 1. The van der Waals surface area contributed by atoms with Crippen LogP contribution in [-0.2, 0) is 0 Å². The summed E-state index contributed by atoms with van der Waals surface area (Å²) in [5, 5.41) is 9.62.